The van der Waals surface area contributed by atoms with Crippen molar-refractivity contribution < 1.29 is 31.5 Å². The molecule has 0 saturated heterocycles. The predicted molar refractivity (Wildman–Crippen MR) is 59.2 cm³/mol. The van der Waals surface area contributed by atoms with Gasteiger partial charge in [-0.1, -0.05) is 0 Å². The summed E-state index contributed by atoms with van der Waals surface area (Å²) in [6, 6.07) is 1.11. The van der Waals surface area contributed by atoms with Gasteiger partial charge in [0.1, 0.15) is 6.07 Å². The summed E-state index contributed by atoms with van der Waals surface area (Å²) in [5.41, 5.74) is -4.80. The van der Waals surface area contributed by atoms with Gasteiger partial charge in [0.15, 0.2) is 0 Å². The van der Waals surface area contributed by atoms with E-state index in [1.165, 1.54) is 6.92 Å². The van der Waals surface area contributed by atoms with E-state index in [-0.39, 0.29) is 6.61 Å². The maximum Gasteiger partial charge on any atom is 0.419 e. The Morgan fingerprint density at radius 3 is 2.52 bits per heavy atom. The van der Waals surface area contributed by atoms with E-state index < -0.39 is 47.4 Å². The fraction of sp³-hybridized carbons (Fsp3) is 0.417. The van der Waals surface area contributed by atoms with E-state index in [0.29, 0.717) is 6.20 Å². The summed E-state index contributed by atoms with van der Waals surface area (Å²) < 4.78 is 68.7. The third kappa shape index (κ3) is 3.87. The molecule has 1 heterocycles. The SMILES string of the molecule is CCOC(=O)Cc1ncc(C(F)F)c(C#N)c1C(F)(F)F. The summed E-state index contributed by atoms with van der Waals surface area (Å²) in [6.07, 6.45) is -8.77. The minimum absolute atomic E-state index is 0.0551. The van der Waals surface area contributed by atoms with Crippen LogP contribution in [0.5, 0.6) is 0 Å². The van der Waals surface area contributed by atoms with Crippen LogP contribution >= 0.6 is 0 Å². The molecule has 0 radical (unpaired) electrons. The second kappa shape index (κ2) is 6.47. The second-order valence-electron chi connectivity index (χ2n) is 3.80. The summed E-state index contributed by atoms with van der Waals surface area (Å²) in [7, 11) is 0. The van der Waals surface area contributed by atoms with Crippen LogP contribution in [0.3, 0.4) is 0 Å². The van der Waals surface area contributed by atoms with Gasteiger partial charge in [0, 0.05) is 6.20 Å². The molecule has 114 valence electrons. The first-order valence-electron chi connectivity index (χ1n) is 5.65. The van der Waals surface area contributed by atoms with Crippen molar-refractivity contribution in [3.05, 3.63) is 28.6 Å². The number of halogens is 5. The van der Waals surface area contributed by atoms with Gasteiger partial charge in [-0.05, 0) is 6.92 Å². The Morgan fingerprint density at radius 1 is 1.48 bits per heavy atom. The van der Waals surface area contributed by atoms with Crippen LogP contribution in [0.15, 0.2) is 6.20 Å². The van der Waals surface area contributed by atoms with Crippen LogP contribution in [-0.4, -0.2) is 17.6 Å². The van der Waals surface area contributed by atoms with E-state index in [1.807, 2.05) is 0 Å². The van der Waals surface area contributed by atoms with E-state index >= 15 is 0 Å². The molecule has 1 aromatic rings. The quantitative estimate of drug-likeness (QED) is 0.633. The van der Waals surface area contributed by atoms with Gasteiger partial charge in [0.05, 0.1) is 35.4 Å². The first-order valence-corrected chi connectivity index (χ1v) is 5.65. The molecule has 4 nitrogen and oxygen atoms in total. The minimum Gasteiger partial charge on any atom is -0.466 e. The van der Waals surface area contributed by atoms with Crippen LogP contribution < -0.4 is 0 Å². The molecule has 1 rings (SSSR count). The molecule has 1 aromatic heterocycles. The van der Waals surface area contributed by atoms with Crippen molar-refractivity contribution in [2.75, 3.05) is 6.61 Å². The summed E-state index contributed by atoms with van der Waals surface area (Å²) in [5, 5.41) is 8.75. The number of ether oxygens (including phenoxy) is 1. The summed E-state index contributed by atoms with van der Waals surface area (Å²) in [4.78, 5) is 14.5. The van der Waals surface area contributed by atoms with Crippen molar-refractivity contribution in [2.45, 2.75) is 25.9 Å². The van der Waals surface area contributed by atoms with Gasteiger partial charge in [0.25, 0.3) is 6.43 Å². The lowest BCUT2D eigenvalue weighted by atomic mass is 10.00. The van der Waals surface area contributed by atoms with Crippen molar-refractivity contribution in [2.24, 2.45) is 0 Å². The average Bonchev–Trinajstić information content (AvgIpc) is 2.36. The third-order valence-electron chi connectivity index (χ3n) is 2.43. The average molecular weight is 308 g/mol. The van der Waals surface area contributed by atoms with Crippen molar-refractivity contribution in [3.63, 3.8) is 0 Å². The summed E-state index contributed by atoms with van der Waals surface area (Å²) in [5.74, 6) is -0.996. The van der Waals surface area contributed by atoms with Crippen molar-refractivity contribution >= 4 is 5.97 Å². The zero-order valence-electron chi connectivity index (χ0n) is 10.7. The molecule has 0 N–H and O–H groups in total. The lowest BCUT2D eigenvalue weighted by Gasteiger charge is -2.15. The van der Waals surface area contributed by atoms with Crippen molar-refractivity contribution in [1.29, 1.82) is 5.26 Å². The molecule has 0 aromatic carbocycles. The van der Waals surface area contributed by atoms with Gasteiger partial charge in [-0.3, -0.25) is 9.78 Å². The Labute approximate surface area is 116 Å². The number of alkyl halides is 5. The summed E-state index contributed by atoms with van der Waals surface area (Å²) in [6.45, 7) is 1.40. The number of nitrogens with zero attached hydrogens (tertiary/aromatic N) is 2. The number of hydrogen-bond donors (Lipinski definition) is 0. The second-order valence-corrected chi connectivity index (χ2v) is 3.80. The Kier molecular flexibility index (Phi) is 5.18. The largest absolute Gasteiger partial charge is 0.466 e. The zero-order valence-corrected chi connectivity index (χ0v) is 10.7. The van der Waals surface area contributed by atoms with Gasteiger partial charge < -0.3 is 4.74 Å². The van der Waals surface area contributed by atoms with Crippen LogP contribution in [0, 0.1) is 11.3 Å². The van der Waals surface area contributed by atoms with E-state index in [9.17, 15) is 26.7 Å². The van der Waals surface area contributed by atoms with Gasteiger partial charge in [-0.15, -0.1) is 0 Å². The van der Waals surface area contributed by atoms with Crippen LogP contribution in [0.4, 0.5) is 22.0 Å². The Hall–Kier alpha value is -2.24. The van der Waals surface area contributed by atoms with Gasteiger partial charge in [-0.25, -0.2) is 8.78 Å². The molecule has 0 amide bonds. The molecule has 0 spiro atoms. The highest BCUT2D eigenvalue weighted by molar-refractivity contribution is 5.73. The molecule has 21 heavy (non-hydrogen) atoms. The third-order valence-corrected chi connectivity index (χ3v) is 2.43. The monoisotopic (exact) mass is 308 g/mol. The Bertz CT molecular complexity index is 578. The molecular weight excluding hydrogens is 299 g/mol. The fourth-order valence-corrected chi connectivity index (χ4v) is 1.64. The van der Waals surface area contributed by atoms with E-state index in [0.717, 1.165) is 6.07 Å². The molecule has 0 atom stereocenters. The lowest BCUT2D eigenvalue weighted by Crippen LogP contribution is -2.19. The van der Waals surface area contributed by atoms with Crippen molar-refractivity contribution in [3.8, 4) is 6.07 Å². The molecular formula is C12H9F5N2O2. The van der Waals surface area contributed by atoms with Crippen molar-refractivity contribution in [1.82, 2.24) is 4.98 Å². The number of pyridine rings is 1. The topological polar surface area (TPSA) is 63.0 Å². The first-order chi connectivity index (χ1) is 9.72. The molecule has 0 fully saturated rings. The molecule has 0 saturated carbocycles. The normalized spacial score (nSPS) is 11.3. The highest BCUT2D eigenvalue weighted by atomic mass is 19.4. The smallest absolute Gasteiger partial charge is 0.419 e. The van der Waals surface area contributed by atoms with E-state index in [2.05, 4.69) is 9.72 Å². The summed E-state index contributed by atoms with van der Waals surface area (Å²) >= 11 is 0. The number of aromatic nitrogens is 1. The van der Waals surface area contributed by atoms with Crippen LogP contribution in [0.25, 0.3) is 0 Å². The van der Waals surface area contributed by atoms with Gasteiger partial charge in [0.2, 0.25) is 0 Å². The number of carbonyl (C=O) groups excluding carboxylic acids is 1. The Balaban J connectivity index is 3.46. The minimum atomic E-state index is -5.09. The first kappa shape index (κ1) is 16.8. The highest BCUT2D eigenvalue weighted by Gasteiger charge is 2.39. The molecule has 0 aliphatic heterocycles. The van der Waals surface area contributed by atoms with Crippen LogP contribution in [0.1, 0.15) is 35.7 Å². The zero-order chi connectivity index (χ0) is 16.2. The highest BCUT2D eigenvalue weighted by Crippen LogP contribution is 2.37. The number of carbonyl (C=O) groups is 1. The van der Waals surface area contributed by atoms with Crippen LogP contribution in [-0.2, 0) is 22.1 Å². The van der Waals surface area contributed by atoms with Gasteiger partial charge >= 0.3 is 12.1 Å². The maximum absolute atomic E-state index is 13.0. The Morgan fingerprint density at radius 2 is 2.10 bits per heavy atom. The lowest BCUT2D eigenvalue weighted by molar-refractivity contribution is -0.143. The van der Waals surface area contributed by atoms with Crippen LogP contribution in [0.2, 0.25) is 0 Å². The number of nitriles is 1. The number of rotatable bonds is 4. The molecule has 9 heteroatoms. The van der Waals surface area contributed by atoms with Gasteiger partial charge in [-0.2, -0.15) is 18.4 Å². The fourth-order valence-electron chi connectivity index (χ4n) is 1.64. The maximum atomic E-state index is 13.0. The molecule has 0 bridgehead atoms. The molecule has 0 aliphatic carbocycles. The molecule has 0 unspecified atom stereocenters. The predicted octanol–water partition coefficient (Wildman–Crippen LogP) is 3.02. The molecule has 0 aliphatic rings. The number of hydrogen-bond acceptors (Lipinski definition) is 4. The van der Waals surface area contributed by atoms with E-state index in [4.69, 9.17) is 5.26 Å². The van der Waals surface area contributed by atoms with E-state index in [1.54, 1.807) is 0 Å². The standard InChI is InChI=1S/C12H9F5N2O2/c1-2-21-9(20)3-8-10(12(15,16)17)6(4-18)7(5-19-8)11(13)14/h5,11H,2-3H2,1H3. The number of esters is 1.